The standard InChI is InChI=1S/C24H26N6O2/c1-17-3-2-4-18(13-17)20-5-7-30(27-20)22-14-21(28-8-11-31-12-9-28)23-24(26-22)29(16-25-23)15-19-6-10-32-19/h2-5,7,13-14,16,19H,6,8-12,15H2,1H3/t19-/m1/s1. The number of benzene rings is 1. The molecule has 3 aromatic heterocycles. The van der Waals surface area contributed by atoms with Gasteiger partial charge < -0.3 is 18.9 Å². The molecule has 4 aromatic rings. The van der Waals surface area contributed by atoms with Crippen LogP contribution in [0, 0.1) is 6.92 Å². The molecule has 1 atom stereocenters. The first-order chi connectivity index (χ1) is 15.7. The maximum absolute atomic E-state index is 5.66. The summed E-state index contributed by atoms with van der Waals surface area (Å²) in [5.74, 6) is 0.786. The van der Waals surface area contributed by atoms with Crippen LogP contribution >= 0.6 is 0 Å². The molecule has 2 aliphatic heterocycles. The minimum absolute atomic E-state index is 0.238. The Kier molecular flexibility index (Phi) is 4.88. The Bertz CT molecular complexity index is 1250. The van der Waals surface area contributed by atoms with E-state index in [1.807, 2.05) is 23.3 Å². The second-order valence-electron chi connectivity index (χ2n) is 8.46. The minimum Gasteiger partial charge on any atom is -0.378 e. The third-order valence-corrected chi connectivity index (χ3v) is 6.22. The Labute approximate surface area is 186 Å². The fourth-order valence-corrected chi connectivity index (χ4v) is 4.36. The molecule has 0 saturated carbocycles. The van der Waals surface area contributed by atoms with Crippen molar-refractivity contribution in [3.05, 3.63) is 54.5 Å². The Balaban J connectivity index is 1.43. The summed E-state index contributed by atoms with van der Waals surface area (Å²) in [6.07, 6.45) is 5.18. The lowest BCUT2D eigenvalue weighted by Crippen LogP contribution is -2.36. The van der Waals surface area contributed by atoms with E-state index in [0.29, 0.717) is 0 Å². The summed E-state index contributed by atoms with van der Waals surface area (Å²) in [4.78, 5) is 12.1. The van der Waals surface area contributed by atoms with Crippen LogP contribution < -0.4 is 4.90 Å². The van der Waals surface area contributed by atoms with Crippen LogP contribution in [-0.4, -0.2) is 63.3 Å². The lowest BCUT2D eigenvalue weighted by Gasteiger charge is -2.29. The zero-order valence-electron chi connectivity index (χ0n) is 18.1. The first-order valence-corrected chi connectivity index (χ1v) is 11.2. The van der Waals surface area contributed by atoms with E-state index in [-0.39, 0.29) is 6.10 Å². The van der Waals surface area contributed by atoms with Gasteiger partial charge in [0.15, 0.2) is 11.5 Å². The van der Waals surface area contributed by atoms with Gasteiger partial charge in [-0.2, -0.15) is 5.10 Å². The molecule has 0 N–H and O–H groups in total. The smallest absolute Gasteiger partial charge is 0.164 e. The first-order valence-electron chi connectivity index (χ1n) is 11.2. The highest BCUT2D eigenvalue weighted by Crippen LogP contribution is 2.29. The lowest BCUT2D eigenvalue weighted by atomic mass is 10.1. The fourth-order valence-electron chi connectivity index (χ4n) is 4.36. The summed E-state index contributed by atoms with van der Waals surface area (Å²) >= 11 is 0. The quantitative estimate of drug-likeness (QED) is 0.484. The zero-order valence-corrected chi connectivity index (χ0v) is 18.1. The highest BCUT2D eigenvalue weighted by molar-refractivity contribution is 5.87. The van der Waals surface area contributed by atoms with E-state index in [2.05, 4.69) is 46.7 Å². The van der Waals surface area contributed by atoms with E-state index in [4.69, 9.17) is 24.5 Å². The van der Waals surface area contributed by atoms with E-state index in [0.717, 1.165) is 79.8 Å². The Hall–Kier alpha value is -3.23. The van der Waals surface area contributed by atoms with E-state index >= 15 is 0 Å². The summed E-state index contributed by atoms with van der Waals surface area (Å²) in [5, 5.41) is 4.84. The van der Waals surface area contributed by atoms with Crippen molar-refractivity contribution in [2.75, 3.05) is 37.8 Å². The van der Waals surface area contributed by atoms with Crippen LogP contribution in [0.2, 0.25) is 0 Å². The van der Waals surface area contributed by atoms with Gasteiger partial charge in [-0.05, 0) is 25.5 Å². The van der Waals surface area contributed by atoms with Crippen LogP contribution in [0.1, 0.15) is 12.0 Å². The molecule has 164 valence electrons. The summed E-state index contributed by atoms with van der Waals surface area (Å²) in [6.45, 7) is 6.81. The lowest BCUT2D eigenvalue weighted by molar-refractivity contribution is -0.0587. The summed E-state index contributed by atoms with van der Waals surface area (Å²) in [6, 6.07) is 12.5. The highest BCUT2D eigenvalue weighted by atomic mass is 16.5. The fraction of sp³-hybridized carbons (Fsp3) is 0.375. The van der Waals surface area contributed by atoms with Crippen molar-refractivity contribution in [3.8, 4) is 17.1 Å². The molecule has 0 aliphatic carbocycles. The molecule has 8 nitrogen and oxygen atoms in total. The average molecular weight is 431 g/mol. The third-order valence-electron chi connectivity index (χ3n) is 6.22. The number of pyridine rings is 1. The maximum atomic E-state index is 5.66. The topological polar surface area (TPSA) is 70.2 Å². The largest absolute Gasteiger partial charge is 0.378 e. The van der Waals surface area contributed by atoms with Crippen molar-refractivity contribution < 1.29 is 9.47 Å². The van der Waals surface area contributed by atoms with Gasteiger partial charge in [-0.15, -0.1) is 0 Å². The molecule has 0 amide bonds. The number of nitrogens with zero attached hydrogens (tertiary/aromatic N) is 6. The second-order valence-corrected chi connectivity index (χ2v) is 8.46. The van der Waals surface area contributed by atoms with Crippen LogP contribution in [0.3, 0.4) is 0 Å². The number of aromatic nitrogens is 5. The molecule has 32 heavy (non-hydrogen) atoms. The predicted molar refractivity (Wildman–Crippen MR) is 122 cm³/mol. The Morgan fingerprint density at radius 3 is 2.75 bits per heavy atom. The first kappa shape index (κ1) is 19.5. The van der Waals surface area contributed by atoms with Crippen LogP contribution in [0.25, 0.3) is 28.2 Å². The van der Waals surface area contributed by atoms with Crippen LogP contribution in [0.5, 0.6) is 0 Å². The van der Waals surface area contributed by atoms with E-state index in [1.54, 1.807) is 0 Å². The number of aryl methyl sites for hydroxylation is 1. The van der Waals surface area contributed by atoms with Gasteiger partial charge in [0, 0.05) is 37.5 Å². The summed E-state index contributed by atoms with van der Waals surface area (Å²) in [5.41, 5.74) is 6.11. The number of hydrogen-bond acceptors (Lipinski definition) is 6. The number of anilines is 1. The predicted octanol–water partition coefficient (Wildman–Crippen LogP) is 3.22. The molecular weight excluding hydrogens is 404 g/mol. The molecule has 5 heterocycles. The molecule has 0 bridgehead atoms. The van der Waals surface area contributed by atoms with Crippen LogP contribution in [0.4, 0.5) is 5.69 Å². The molecule has 2 saturated heterocycles. The van der Waals surface area contributed by atoms with E-state index in [9.17, 15) is 0 Å². The van der Waals surface area contributed by atoms with E-state index < -0.39 is 0 Å². The third kappa shape index (κ3) is 3.55. The zero-order chi connectivity index (χ0) is 21.5. The Morgan fingerprint density at radius 2 is 1.97 bits per heavy atom. The van der Waals surface area contributed by atoms with Crippen LogP contribution in [-0.2, 0) is 16.0 Å². The van der Waals surface area contributed by atoms with Crippen molar-refractivity contribution >= 4 is 16.9 Å². The van der Waals surface area contributed by atoms with Crippen molar-refractivity contribution in [3.63, 3.8) is 0 Å². The van der Waals surface area contributed by atoms with Crippen LogP contribution in [0.15, 0.2) is 48.9 Å². The molecule has 6 rings (SSSR count). The summed E-state index contributed by atoms with van der Waals surface area (Å²) < 4.78 is 15.2. The second kappa shape index (κ2) is 8.03. The SMILES string of the molecule is Cc1cccc(-c2ccn(-c3cc(N4CCOCC4)c4ncn(C[C@H]5CCO5)c4n3)n2)c1. The number of fused-ring (bicyclic) bond motifs is 1. The van der Waals surface area contributed by atoms with Gasteiger partial charge in [0.05, 0.1) is 43.6 Å². The molecule has 0 spiro atoms. The average Bonchev–Trinajstić information content (AvgIpc) is 3.44. The van der Waals surface area contributed by atoms with Crippen molar-refractivity contribution in [1.29, 1.82) is 0 Å². The highest BCUT2D eigenvalue weighted by Gasteiger charge is 2.23. The van der Waals surface area contributed by atoms with Gasteiger partial charge in [-0.3, -0.25) is 0 Å². The van der Waals surface area contributed by atoms with Gasteiger partial charge in [0.1, 0.15) is 5.52 Å². The van der Waals surface area contributed by atoms with Crippen molar-refractivity contribution in [1.82, 2.24) is 24.3 Å². The van der Waals surface area contributed by atoms with Gasteiger partial charge in [-0.25, -0.2) is 14.6 Å². The normalized spacial score (nSPS) is 18.8. The monoisotopic (exact) mass is 430 g/mol. The summed E-state index contributed by atoms with van der Waals surface area (Å²) in [7, 11) is 0. The number of hydrogen-bond donors (Lipinski definition) is 0. The number of ether oxygens (including phenoxy) is 2. The molecule has 0 unspecified atom stereocenters. The molecule has 0 radical (unpaired) electrons. The number of imidazole rings is 1. The van der Waals surface area contributed by atoms with Gasteiger partial charge in [0.2, 0.25) is 0 Å². The maximum Gasteiger partial charge on any atom is 0.164 e. The minimum atomic E-state index is 0.238. The van der Waals surface area contributed by atoms with E-state index in [1.165, 1.54) is 5.56 Å². The number of rotatable bonds is 5. The van der Waals surface area contributed by atoms with Crippen molar-refractivity contribution in [2.24, 2.45) is 0 Å². The van der Waals surface area contributed by atoms with Crippen molar-refractivity contribution in [2.45, 2.75) is 26.0 Å². The Morgan fingerprint density at radius 1 is 1.09 bits per heavy atom. The molecule has 2 fully saturated rings. The molecular formula is C24H26N6O2. The molecule has 1 aromatic carbocycles. The van der Waals surface area contributed by atoms with Gasteiger partial charge in [-0.1, -0.05) is 23.8 Å². The number of morpholine rings is 1. The van der Waals surface area contributed by atoms with Gasteiger partial charge in [0.25, 0.3) is 0 Å². The molecule has 2 aliphatic rings. The van der Waals surface area contributed by atoms with Gasteiger partial charge >= 0.3 is 0 Å². The molecule has 8 heteroatoms.